The minimum atomic E-state index is 0. The van der Waals surface area contributed by atoms with Gasteiger partial charge in [0.1, 0.15) is 6.10 Å². The van der Waals surface area contributed by atoms with Gasteiger partial charge in [-0.2, -0.15) is 5.10 Å². The monoisotopic (exact) mass is 540 g/mol. The van der Waals surface area contributed by atoms with Crippen molar-refractivity contribution in [1.29, 1.82) is 0 Å². The van der Waals surface area contributed by atoms with Crippen LogP contribution in [0.4, 0.5) is 0 Å². The standard InChI is InChI=1S/C23H36N6O.HI/c1-5-24-23(29-13-14-30-22(18-29)21-15-26-28(4)17-21)25-12-11-19(2)27(3)16-20-9-7-6-8-10-20;/h6-10,15,17,19,22H,5,11-14,16,18H2,1-4H3,(H,24,25);1H. The Labute approximate surface area is 203 Å². The second-order valence-corrected chi connectivity index (χ2v) is 8.03. The Kier molecular flexibility index (Phi) is 10.8. The number of halogens is 1. The molecule has 1 fully saturated rings. The fourth-order valence-corrected chi connectivity index (χ4v) is 3.68. The molecule has 31 heavy (non-hydrogen) atoms. The lowest BCUT2D eigenvalue weighted by Crippen LogP contribution is -2.48. The van der Waals surface area contributed by atoms with E-state index < -0.39 is 0 Å². The molecule has 1 saturated heterocycles. The van der Waals surface area contributed by atoms with Crippen LogP contribution in [0, 0.1) is 0 Å². The molecular weight excluding hydrogens is 503 g/mol. The van der Waals surface area contributed by atoms with Crippen molar-refractivity contribution in [2.24, 2.45) is 12.0 Å². The summed E-state index contributed by atoms with van der Waals surface area (Å²) in [6, 6.07) is 11.1. The van der Waals surface area contributed by atoms with Crippen LogP contribution >= 0.6 is 24.0 Å². The molecule has 2 heterocycles. The summed E-state index contributed by atoms with van der Waals surface area (Å²) in [5.74, 6) is 0.979. The second kappa shape index (κ2) is 13.0. The summed E-state index contributed by atoms with van der Waals surface area (Å²) in [5, 5.41) is 7.74. The summed E-state index contributed by atoms with van der Waals surface area (Å²) in [5.41, 5.74) is 2.47. The van der Waals surface area contributed by atoms with E-state index in [0.717, 1.165) is 50.7 Å². The van der Waals surface area contributed by atoms with Gasteiger partial charge in [0.25, 0.3) is 0 Å². The maximum atomic E-state index is 5.98. The van der Waals surface area contributed by atoms with Crippen LogP contribution in [-0.4, -0.2) is 71.4 Å². The van der Waals surface area contributed by atoms with Crippen LogP contribution in [0.2, 0.25) is 0 Å². The average molecular weight is 540 g/mol. The van der Waals surface area contributed by atoms with Gasteiger partial charge in [-0.15, -0.1) is 24.0 Å². The van der Waals surface area contributed by atoms with Crippen molar-refractivity contribution in [2.75, 3.05) is 39.8 Å². The third-order valence-electron chi connectivity index (χ3n) is 5.63. The van der Waals surface area contributed by atoms with Gasteiger partial charge >= 0.3 is 0 Å². The van der Waals surface area contributed by atoms with Crippen molar-refractivity contribution in [3.8, 4) is 0 Å². The van der Waals surface area contributed by atoms with Crippen molar-refractivity contribution in [3.05, 3.63) is 53.9 Å². The molecule has 1 aliphatic heterocycles. The maximum absolute atomic E-state index is 5.98. The van der Waals surface area contributed by atoms with Crippen LogP contribution in [0.25, 0.3) is 0 Å². The van der Waals surface area contributed by atoms with E-state index in [1.807, 2.05) is 24.1 Å². The molecule has 2 aromatic rings. The first-order valence-electron chi connectivity index (χ1n) is 10.9. The Bertz CT molecular complexity index is 796. The molecule has 1 aliphatic rings. The van der Waals surface area contributed by atoms with Crippen LogP contribution in [0.3, 0.4) is 0 Å². The molecule has 8 heteroatoms. The van der Waals surface area contributed by atoms with E-state index in [-0.39, 0.29) is 30.1 Å². The number of aromatic nitrogens is 2. The minimum Gasteiger partial charge on any atom is -0.370 e. The molecule has 0 radical (unpaired) electrons. The average Bonchev–Trinajstić information content (AvgIpc) is 3.20. The van der Waals surface area contributed by atoms with Gasteiger partial charge in [-0.25, -0.2) is 0 Å². The van der Waals surface area contributed by atoms with Gasteiger partial charge < -0.3 is 15.0 Å². The third-order valence-corrected chi connectivity index (χ3v) is 5.63. The molecule has 1 N–H and O–H groups in total. The van der Waals surface area contributed by atoms with Crippen LogP contribution < -0.4 is 5.32 Å². The molecule has 0 amide bonds. The van der Waals surface area contributed by atoms with Gasteiger partial charge in [0.05, 0.1) is 19.3 Å². The lowest BCUT2D eigenvalue weighted by atomic mass is 10.1. The summed E-state index contributed by atoms with van der Waals surface area (Å²) in [6.07, 6.45) is 4.98. The Hall–Kier alpha value is -1.65. The maximum Gasteiger partial charge on any atom is 0.194 e. The number of benzene rings is 1. The van der Waals surface area contributed by atoms with Crippen molar-refractivity contribution < 1.29 is 4.74 Å². The van der Waals surface area contributed by atoms with E-state index in [0.29, 0.717) is 12.6 Å². The molecule has 0 aliphatic carbocycles. The van der Waals surface area contributed by atoms with E-state index in [1.165, 1.54) is 5.56 Å². The highest BCUT2D eigenvalue weighted by Gasteiger charge is 2.25. The van der Waals surface area contributed by atoms with E-state index in [1.54, 1.807) is 0 Å². The molecule has 1 aromatic heterocycles. The smallest absolute Gasteiger partial charge is 0.194 e. The van der Waals surface area contributed by atoms with E-state index in [9.17, 15) is 0 Å². The summed E-state index contributed by atoms with van der Waals surface area (Å²) >= 11 is 0. The number of rotatable bonds is 8. The molecule has 2 unspecified atom stereocenters. The number of aliphatic imine (C=N–C) groups is 1. The predicted molar refractivity (Wildman–Crippen MR) is 137 cm³/mol. The van der Waals surface area contributed by atoms with Gasteiger partial charge in [-0.1, -0.05) is 30.3 Å². The first kappa shape index (κ1) is 25.6. The predicted octanol–water partition coefficient (Wildman–Crippen LogP) is 3.29. The summed E-state index contributed by atoms with van der Waals surface area (Å²) < 4.78 is 7.81. The number of nitrogens with zero attached hydrogens (tertiary/aromatic N) is 5. The Morgan fingerprint density at radius 2 is 2.13 bits per heavy atom. The normalized spacial score (nSPS) is 18.0. The van der Waals surface area contributed by atoms with Crippen LogP contribution in [0.15, 0.2) is 47.7 Å². The molecule has 1 aromatic carbocycles. The van der Waals surface area contributed by atoms with Gasteiger partial charge in [0.15, 0.2) is 5.96 Å². The molecule has 3 rings (SSSR count). The summed E-state index contributed by atoms with van der Waals surface area (Å²) in [7, 11) is 4.12. The van der Waals surface area contributed by atoms with Crippen LogP contribution in [0.5, 0.6) is 0 Å². The fraction of sp³-hybridized carbons (Fsp3) is 0.565. The molecule has 7 nitrogen and oxygen atoms in total. The van der Waals surface area contributed by atoms with Crippen LogP contribution in [-0.2, 0) is 18.3 Å². The molecule has 172 valence electrons. The highest BCUT2D eigenvalue weighted by molar-refractivity contribution is 14.0. The summed E-state index contributed by atoms with van der Waals surface area (Å²) in [4.78, 5) is 9.63. The Morgan fingerprint density at radius 1 is 1.35 bits per heavy atom. The highest BCUT2D eigenvalue weighted by Crippen LogP contribution is 2.21. The first-order valence-corrected chi connectivity index (χ1v) is 10.9. The number of nitrogens with one attached hydrogen (secondary N) is 1. The fourth-order valence-electron chi connectivity index (χ4n) is 3.68. The van der Waals surface area contributed by atoms with Crippen molar-refractivity contribution in [1.82, 2.24) is 24.9 Å². The lowest BCUT2D eigenvalue weighted by molar-refractivity contribution is -0.00805. The zero-order valence-corrected chi connectivity index (χ0v) is 21.5. The SMILES string of the molecule is CCNC(=NCCC(C)N(C)Cc1ccccc1)N1CCOC(c2cnn(C)c2)C1.I. The van der Waals surface area contributed by atoms with E-state index >= 15 is 0 Å². The van der Waals surface area contributed by atoms with E-state index in [2.05, 4.69) is 71.4 Å². The number of hydrogen-bond acceptors (Lipinski definition) is 4. The van der Waals surface area contributed by atoms with Crippen molar-refractivity contribution in [3.63, 3.8) is 0 Å². The Balaban J connectivity index is 0.00000341. The Morgan fingerprint density at radius 3 is 2.81 bits per heavy atom. The third kappa shape index (κ3) is 7.76. The summed E-state index contributed by atoms with van der Waals surface area (Å²) in [6.45, 7) is 9.35. The topological polar surface area (TPSA) is 57.9 Å². The molecule has 2 atom stereocenters. The van der Waals surface area contributed by atoms with Gasteiger partial charge in [0.2, 0.25) is 0 Å². The number of morpholine rings is 1. The number of aryl methyl sites for hydroxylation is 1. The molecule has 0 saturated carbocycles. The number of ether oxygens (including phenoxy) is 1. The van der Waals surface area contributed by atoms with Gasteiger partial charge in [-0.3, -0.25) is 14.6 Å². The van der Waals surface area contributed by atoms with E-state index in [4.69, 9.17) is 9.73 Å². The number of guanidine groups is 1. The molecule has 0 spiro atoms. The zero-order chi connectivity index (χ0) is 21.3. The van der Waals surface area contributed by atoms with Gasteiger partial charge in [0, 0.05) is 51.0 Å². The zero-order valence-electron chi connectivity index (χ0n) is 19.2. The molecular formula is C23H37IN6O. The highest BCUT2D eigenvalue weighted by atomic mass is 127. The van der Waals surface area contributed by atoms with Crippen LogP contribution in [0.1, 0.15) is 37.5 Å². The van der Waals surface area contributed by atoms with Crippen molar-refractivity contribution >= 4 is 29.9 Å². The quantitative estimate of drug-likeness (QED) is 0.317. The minimum absolute atomic E-state index is 0. The number of hydrogen-bond donors (Lipinski definition) is 1. The molecule has 0 bridgehead atoms. The largest absolute Gasteiger partial charge is 0.370 e. The second-order valence-electron chi connectivity index (χ2n) is 8.03. The first-order chi connectivity index (χ1) is 14.6. The van der Waals surface area contributed by atoms with Gasteiger partial charge in [-0.05, 0) is 32.9 Å². The lowest BCUT2D eigenvalue weighted by Gasteiger charge is -2.35. The van der Waals surface area contributed by atoms with Crippen molar-refractivity contribution in [2.45, 2.75) is 39.0 Å².